The summed E-state index contributed by atoms with van der Waals surface area (Å²) in [5.41, 5.74) is 0.696. The van der Waals surface area contributed by atoms with E-state index in [0.29, 0.717) is 18.0 Å². The van der Waals surface area contributed by atoms with Crippen LogP contribution in [0.15, 0.2) is 25.0 Å². The maximum Gasteiger partial charge on any atom is 0.138 e. The molecule has 1 aromatic rings. The van der Waals surface area contributed by atoms with Crippen molar-refractivity contribution >= 4 is 5.82 Å². The monoisotopic (exact) mass is 291 g/mol. The van der Waals surface area contributed by atoms with Crippen molar-refractivity contribution in [3.8, 4) is 0 Å². The van der Waals surface area contributed by atoms with Gasteiger partial charge in [0.2, 0.25) is 0 Å². The van der Waals surface area contributed by atoms with Crippen LogP contribution in [-0.2, 0) is 6.42 Å². The summed E-state index contributed by atoms with van der Waals surface area (Å²) in [6.07, 6.45) is 9.87. The van der Waals surface area contributed by atoms with Gasteiger partial charge in [0, 0.05) is 24.3 Å². The molecule has 3 nitrogen and oxygen atoms in total. The van der Waals surface area contributed by atoms with E-state index in [9.17, 15) is 4.39 Å². The summed E-state index contributed by atoms with van der Waals surface area (Å²) in [7, 11) is 0. The van der Waals surface area contributed by atoms with Gasteiger partial charge in [0.1, 0.15) is 11.6 Å². The molecule has 21 heavy (non-hydrogen) atoms. The lowest BCUT2D eigenvalue weighted by atomic mass is 10.1. The quantitative estimate of drug-likeness (QED) is 0.667. The summed E-state index contributed by atoms with van der Waals surface area (Å²) >= 11 is 0. The summed E-state index contributed by atoms with van der Waals surface area (Å²) < 4.78 is 14.1. The summed E-state index contributed by atoms with van der Waals surface area (Å²) in [4.78, 5) is 6.37. The van der Waals surface area contributed by atoms with Crippen molar-refractivity contribution in [2.45, 2.75) is 51.5 Å². The van der Waals surface area contributed by atoms with Gasteiger partial charge in [0.25, 0.3) is 0 Å². The normalized spacial score (nSPS) is 14.2. The van der Waals surface area contributed by atoms with E-state index in [-0.39, 0.29) is 5.82 Å². The molecule has 1 aliphatic carbocycles. The van der Waals surface area contributed by atoms with E-state index in [0.717, 1.165) is 31.7 Å². The topological polar surface area (TPSA) is 28.2 Å². The van der Waals surface area contributed by atoms with Crippen molar-refractivity contribution in [3.05, 3.63) is 36.4 Å². The van der Waals surface area contributed by atoms with Gasteiger partial charge < -0.3 is 10.2 Å². The van der Waals surface area contributed by atoms with Gasteiger partial charge in [-0.25, -0.2) is 9.37 Å². The summed E-state index contributed by atoms with van der Waals surface area (Å²) in [5, 5.41) is 3.43. The Morgan fingerprint density at radius 2 is 2.29 bits per heavy atom. The number of unbranched alkanes of at least 4 members (excludes halogenated alkanes) is 2. The molecule has 1 aromatic heterocycles. The average Bonchev–Trinajstić information content (AvgIpc) is 3.30. The largest absolute Gasteiger partial charge is 0.333 e. The van der Waals surface area contributed by atoms with Crippen molar-refractivity contribution in [3.63, 3.8) is 0 Å². The molecule has 1 N–H and O–H groups in total. The standard InChI is InChI=1S/C17H26FN3/c1-3-5-6-13-21(4-2)17-15(16(18)10-12-20-17)9-11-19-14-7-8-14/h4,10,12,14,19H,2-3,5-9,11,13H2,1H3. The number of rotatable bonds is 10. The molecular weight excluding hydrogens is 265 g/mol. The molecule has 2 rings (SSSR count). The maximum absolute atomic E-state index is 14.1. The third-order valence-electron chi connectivity index (χ3n) is 3.86. The van der Waals surface area contributed by atoms with Crippen LogP contribution in [0.3, 0.4) is 0 Å². The molecule has 0 amide bonds. The number of hydrogen-bond acceptors (Lipinski definition) is 3. The highest BCUT2D eigenvalue weighted by atomic mass is 19.1. The number of halogens is 1. The smallest absolute Gasteiger partial charge is 0.138 e. The lowest BCUT2D eigenvalue weighted by Gasteiger charge is -2.22. The van der Waals surface area contributed by atoms with E-state index < -0.39 is 0 Å². The number of anilines is 1. The van der Waals surface area contributed by atoms with Gasteiger partial charge in [-0.05, 0) is 44.5 Å². The van der Waals surface area contributed by atoms with Crippen LogP contribution in [0.1, 0.15) is 44.6 Å². The molecule has 0 unspecified atom stereocenters. The highest BCUT2D eigenvalue weighted by molar-refractivity contribution is 5.49. The van der Waals surface area contributed by atoms with E-state index in [2.05, 4.69) is 23.8 Å². The third-order valence-corrected chi connectivity index (χ3v) is 3.86. The lowest BCUT2D eigenvalue weighted by molar-refractivity contribution is 0.592. The first-order valence-corrected chi connectivity index (χ1v) is 8.02. The number of nitrogens with one attached hydrogen (secondary N) is 1. The molecule has 1 saturated carbocycles. The number of pyridine rings is 1. The molecule has 116 valence electrons. The predicted octanol–water partition coefficient (Wildman–Crippen LogP) is 3.66. The van der Waals surface area contributed by atoms with Gasteiger partial charge in [-0.2, -0.15) is 0 Å². The first-order chi connectivity index (χ1) is 10.3. The number of aromatic nitrogens is 1. The Labute approximate surface area is 127 Å². The van der Waals surface area contributed by atoms with Gasteiger partial charge in [-0.3, -0.25) is 0 Å². The number of nitrogens with zero attached hydrogens (tertiary/aromatic N) is 2. The van der Waals surface area contributed by atoms with Gasteiger partial charge in [-0.1, -0.05) is 26.3 Å². The SMILES string of the molecule is C=CN(CCCCC)c1nccc(F)c1CCNC1CC1. The summed E-state index contributed by atoms with van der Waals surface area (Å²) in [6, 6.07) is 2.09. The zero-order valence-corrected chi connectivity index (χ0v) is 12.9. The van der Waals surface area contributed by atoms with Crippen LogP contribution in [0, 0.1) is 5.82 Å². The fourth-order valence-corrected chi connectivity index (χ4v) is 2.44. The Morgan fingerprint density at radius 1 is 1.48 bits per heavy atom. The van der Waals surface area contributed by atoms with Crippen molar-refractivity contribution in [2.75, 3.05) is 18.0 Å². The van der Waals surface area contributed by atoms with E-state index in [4.69, 9.17) is 0 Å². The minimum absolute atomic E-state index is 0.167. The fourth-order valence-electron chi connectivity index (χ4n) is 2.44. The fraction of sp³-hybridized carbons (Fsp3) is 0.588. The first-order valence-electron chi connectivity index (χ1n) is 8.02. The molecule has 1 aliphatic rings. The highest BCUT2D eigenvalue weighted by Gasteiger charge is 2.21. The van der Waals surface area contributed by atoms with Crippen molar-refractivity contribution in [1.29, 1.82) is 0 Å². The van der Waals surface area contributed by atoms with Crippen molar-refractivity contribution < 1.29 is 4.39 Å². The zero-order valence-electron chi connectivity index (χ0n) is 12.9. The predicted molar refractivity (Wildman–Crippen MR) is 86.0 cm³/mol. The van der Waals surface area contributed by atoms with E-state index in [1.807, 2.05) is 4.90 Å². The second-order valence-electron chi connectivity index (χ2n) is 5.66. The Bertz CT molecular complexity index is 457. The van der Waals surface area contributed by atoms with Crippen LogP contribution in [0.5, 0.6) is 0 Å². The Morgan fingerprint density at radius 3 is 2.95 bits per heavy atom. The van der Waals surface area contributed by atoms with E-state index in [1.54, 1.807) is 12.4 Å². The van der Waals surface area contributed by atoms with Crippen LogP contribution < -0.4 is 10.2 Å². The van der Waals surface area contributed by atoms with E-state index in [1.165, 1.54) is 25.3 Å². The van der Waals surface area contributed by atoms with Gasteiger partial charge in [0.15, 0.2) is 0 Å². The molecule has 1 fully saturated rings. The minimum atomic E-state index is -0.167. The molecule has 1 heterocycles. The minimum Gasteiger partial charge on any atom is -0.333 e. The molecule has 0 atom stereocenters. The molecule has 0 aliphatic heterocycles. The number of hydrogen-bond donors (Lipinski definition) is 1. The Balaban J connectivity index is 2.03. The molecule has 0 saturated heterocycles. The van der Waals surface area contributed by atoms with Crippen LogP contribution >= 0.6 is 0 Å². The molecule has 0 aromatic carbocycles. The van der Waals surface area contributed by atoms with E-state index >= 15 is 0 Å². The lowest BCUT2D eigenvalue weighted by Crippen LogP contribution is -2.24. The third kappa shape index (κ3) is 4.81. The van der Waals surface area contributed by atoms with Crippen molar-refractivity contribution in [1.82, 2.24) is 10.3 Å². The average molecular weight is 291 g/mol. The molecular formula is C17H26FN3. The molecule has 0 spiro atoms. The van der Waals surface area contributed by atoms with Gasteiger partial charge >= 0.3 is 0 Å². The van der Waals surface area contributed by atoms with Crippen LogP contribution in [-0.4, -0.2) is 24.1 Å². The van der Waals surface area contributed by atoms with Crippen molar-refractivity contribution in [2.24, 2.45) is 0 Å². The van der Waals surface area contributed by atoms with Crippen LogP contribution in [0.25, 0.3) is 0 Å². The second-order valence-corrected chi connectivity index (χ2v) is 5.66. The van der Waals surface area contributed by atoms with Gasteiger partial charge in [0.05, 0.1) is 0 Å². The molecule has 4 heteroatoms. The molecule has 0 radical (unpaired) electrons. The summed E-state index contributed by atoms with van der Waals surface area (Å²) in [5.74, 6) is 0.554. The van der Waals surface area contributed by atoms with Gasteiger partial charge in [-0.15, -0.1) is 0 Å². The Hall–Kier alpha value is -1.42. The Kier molecular flexibility index (Phi) is 6.18. The summed E-state index contributed by atoms with van der Waals surface area (Å²) in [6.45, 7) is 7.68. The molecule has 0 bridgehead atoms. The second kappa shape index (κ2) is 8.13. The highest BCUT2D eigenvalue weighted by Crippen LogP contribution is 2.23. The maximum atomic E-state index is 14.1. The van der Waals surface area contributed by atoms with Crippen LogP contribution in [0.4, 0.5) is 10.2 Å². The van der Waals surface area contributed by atoms with Crippen LogP contribution in [0.2, 0.25) is 0 Å². The zero-order chi connectivity index (χ0) is 15.1. The first kappa shape index (κ1) is 16.0.